The molecule has 1 aromatic carbocycles. The van der Waals surface area contributed by atoms with Crippen LogP contribution in [0.5, 0.6) is 0 Å². The fourth-order valence-corrected chi connectivity index (χ4v) is 3.84. The first kappa shape index (κ1) is 17.9. The van der Waals surface area contributed by atoms with Gasteiger partial charge in [0.05, 0.1) is 24.3 Å². The van der Waals surface area contributed by atoms with Crippen molar-refractivity contribution in [3.63, 3.8) is 0 Å². The molecule has 0 spiro atoms. The van der Waals surface area contributed by atoms with Gasteiger partial charge in [-0.05, 0) is 37.0 Å². The van der Waals surface area contributed by atoms with E-state index in [1.165, 1.54) is 30.3 Å². The molecule has 0 aliphatic carbocycles. The van der Waals surface area contributed by atoms with E-state index < -0.39 is 0 Å². The summed E-state index contributed by atoms with van der Waals surface area (Å²) in [4.78, 5) is 18.6. The molecule has 0 bridgehead atoms. The van der Waals surface area contributed by atoms with Gasteiger partial charge in [0.25, 0.3) is 0 Å². The molecule has 1 N–H and O–H groups in total. The van der Waals surface area contributed by atoms with Crippen molar-refractivity contribution in [1.29, 1.82) is 0 Å². The zero-order valence-corrected chi connectivity index (χ0v) is 14.8. The van der Waals surface area contributed by atoms with Crippen molar-refractivity contribution >= 4 is 17.7 Å². The van der Waals surface area contributed by atoms with Crippen molar-refractivity contribution in [3.05, 3.63) is 47.5 Å². The van der Waals surface area contributed by atoms with Gasteiger partial charge in [-0.2, -0.15) is 0 Å². The Morgan fingerprint density at radius 3 is 2.60 bits per heavy atom. The largest absolute Gasteiger partial charge is 0.390 e. The second-order valence-electron chi connectivity index (χ2n) is 6.13. The second-order valence-corrected chi connectivity index (χ2v) is 7.08. The number of imidazole rings is 1. The summed E-state index contributed by atoms with van der Waals surface area (Å²) in [6, 6.07) is 6.25. The van der Waals surface area contributed by atoms with Gasteiger partial charge in [-0.3, -0.25) is 4.79 Å². The molecule has 25 heavy (non-hydrogen) atoms. The summed E-state index contributed by atoms with van der Waals surface area (Å²) in [6.07, 6.45) is 4.96. The zero-order chi connectivity index (χ0) is 17.6. The second kappa shape index (κ2) is 8.49. The number of carbonyl (C=O) groups excluding carboxylic acids is 1. The van der Waals surface area contributed by atoms with E-state index in [-0.39, 0.29) is 18.3 Å². The van der Waals surface area contributed by atoms with Crippen molar-refractivity contribution in [2.75, 3.05) is 18.8 Å². The molecule has 1 aliphatic rings. The molecule has 0 saturated carbocycles. The lowest BCUT2D eigenvalue weighted by atomic mass is 10.1. The normalized spacial score (nSPS) is 14.7. The molecule has 2 heterocycles. The van der Waals surface area contributed by atoms with Crippen LogP contribution in [0.4, 0.5) is 4.39 Å². The van der Waals surface area contributed by atoms with Crippen molar-refractivity contribution < 1.29 is 14.3 Å². The number of hydrogen-bond donors (Lipinski definition) is 1. The molecule has 1 saturated heterocycles. The van der Waals surface area contributed by atoms with E-state index in [2.05, 4.69) is 4.98 Å². The van der Waals surface area contributed by atoms with Gasteiger partial charge in [-0.1, -0.05) is 23.9 Å². The topological polar surface area (TPSA) is 58.4 Å². The fourth-order valence-electron chi connectivity index (χ4n) is 2.94. The van der Waals surface area contributed by atoms with Crippen LogP contribution in [0.15, 0.2) is 35.6 Å². The lowest BCUT2D eigenvalue weighted by Gasteiger charge is -2.26. The number of likely N-dealkylation sites (tertiary alicyclic amines) is 1. The zero-order valence-electron chi connectivity index (χ0n) is 14.0. The number of thioether (sulfide) groups is 1. The summed E-state index contributed by atoms with van der Waals surface area (Å²) >= 11 is 1.38. The van der Waals surface area contributed by atoms with E-state index in [1.54, 1.807) is 18.3 Å². The summed E-state index contributed by atoms with van der Waals surface area (Å²) < 4.78 is 14.9. The van der Waals surface area contributed by atoms with Crippen LogP contribution in [0, 0.1) is 5.82 Å². The van der Waals surface area contributed by atoms with E-state index in [0.717, 1.165) is 31.5 Å². The Hall–Kier alpha value is -1.86. The number of halogens is 1. The van der Waals surface area contributed by atoms with Gasteiger partial charge in [-0.15, -0.1) is 0 Å². The highest BCUT2D eigenvalue weighted by Crippen LogP contribution is 2.22. The molecule has 0 unspecified atom stereocenters. The van der Waals surface area contributed by atoms with E-state index >= 15 is 0 Å². The van der Waals surface area contributed by atoms with Crippen LogP contribution in [0.1, 0.15) is 30.5 Å². The van der Waals surface area contributed by atoms with Crippen LogP contribution in [-0.4, -0.2) is 44.3 Å². The minimum Gasteiger partial charge on any atom is -0.390 e. The molecule has 3 rings (SSSR count). The predicted molar refractivity (Wildman–Crippen MR) is 94.8 cm³/mol. The van der Waals surface area contributed by atoms with E-state index in [9.17, 15) is 14.3 Å². The van der Waals surface area contributed by atoms with Crippen molar-refractivity contribution in [3.8, 4) is 0 Å². The smallest absolute Gasteiger partial charge is 0.233 e. The Balaban J connectivity index is 1.67. The SMILES string of the molecule is O=C(CSc1ncc(CO)n1Cc1ccc(F)cc1)N1CCCCC1. The summed E-state index contributed by atoms with van der Waals surface area (Å²) in [5, 5.41) is 10.2. The molecule has 0 atom stereocenters. The maximum atomic E-state index is 13.1. The van der Waals surface area contributed by atoms with E-state index in [0.29, 0.717) is 23.1 Å². The number of hydrogen-bond acceptors (Lipinski definition) is 4. The quantitative estimate of drug-likeness (QED) is 0.802. The Morgan fingerprint density at radius 2 is 1.92 bits per heavy atom. The molecule has 1 aromatic heterocycles. The number of aromatic nitrogens is 2. The first-order valence-corrected chi connectivity index (χ1v) is 9.46. The first-order valence-electron chi connectivity index (χ1n) is 8.47. The van der Waals surface area contributed by atoms with Gasteiger partial charge in [0.2, 0.25) is 5.91 Å². The predicted octanol–water partition coefficient (Wildman–Crippen LogP) is 2.67. The summed E-state index contributed by atoms with van der Waals surface area (Å²) in [6.45, 7) is 2.03. The van der Waals surface area contributed by atoms with Crippen LogP contribution < -0.4 is 0 Å². The molecule has 134 valence electrons. The molecule has 2 aromatic rings. The third-order valence-corrected chi connectivity index (χ3v) is 5.33. The average molecular weight is 363 g/mol. The third kappa shape index (κ3) is 4.61. The monoisotopic (exact) mass is 363 g/mol. The van der Waals surface area contributed by atoms with Gasteiger partial charge in [0, 0.05) is 19.6 Å². The van der Waals surface area contributed by atoms with Crippen molar-refractivity contribution in [2.24, 2.45) is 0 Å². The summed E-state index contributed by atoms with van der Waals surface area (Å²) in [5.41, 5.74) is 1.59. The minimum atomic E-state index is -0.279. The maximum Gasteiger partial charge on any atom is 0.233 e. The number of piperidine rings is 1. The Bertz CT molecular complexity index is 712. The summed E-state index contributed by atoms with van der Waals surface area (Å²) in [5.74, 6) is 0.191. The molecular weight excluding hydrogens is 341 g/mol. The number of rotatable bonds is 6. The number of aliphatic hydroxyl groups is 1. The van der Waals surface area contributed by atoms with Crippen LogP contribution >= 0.6 is 11.8 Å². The maximum absolute atomic E-state index is 13.1. The highest BCUT2D eigenvalue weighted by molar-refractivity contribution is 7.99. The molecular formula is C18H22FN3O2S. The number of benzene rings is 1. The average Bonchev–Trinajstić information content (AvgIpc) is 3.04. The fraction of sp³-hybridized carbons (Fsp3) is 0.444. The molecule has 0 radical (unpaired) electrons. The molecule has 1 aliphatic heterocycles. The highest BCUT2D eigenvalue weighted by atomic mass is 32.2. The lowest BCUT2D eigenvalue weighted by Crippen LogP contribution is -2.36. The first-order chi connectivity index (χ1) is 12.2. The van der Waals surface area contributed by atoms with Gasteiger partial charge >= 0.3 is 0 Å². The Kier molecular flexibility index (Phi) is 6.09. The van der Waals surface area contributed by atoms with Crippen LogP contribution in [0.2, 0.25) is 0 Å². The summed E-state index contributed by atoms with van der Waals surface area (Å²) in [7, 11) is 0. The van der Waals surface area contributed by atoms with Gasteiger partial charge in [0.15, 0.2) is 5.16 Å². The number of carbonyl (C=O) groups is 1. The number of aliphatic hydroxyl groups excluding tert-OH is 1. The standard InChI is InChI=1S/C18H22FN3O2S/c19-15-6-4-14(5-7-15)11-22-16(12-23)10-20-18(22)25-13-17(24)21-8-2-1-3-9-21/h4-7,10,23H,1-3,8-9,11-13H2. The lowest BCUT2D eigenvalue weighted by molar-refractivity contribution is -0.129. The number of amides is 1. The minimum absolute atomic E-state index is 0.130. The number of nitrogens with zero attached hydrogens (tertiary/aromatic N) is 3. The van der Waals surface area contributed by atoms with Gasteiger partial charge < -0.3 is 14.6 Å². The van der Waals surface area contributed by atoms with E-state index in [1.807, 2.05) is 9.47 Å². The third-order valence-electron chi connectivity index (χ3n) is 4.35. The van der Waals surface area contributed by atoms with Crippen molar-refractivity contribution in [1.82, 2.24) is 14.5 Å². The molecule has 1 fully saturated rings. The molecule has 1 amide bonds. The van der Waals surface area contributed by atoms with Gasteiger partial charge in [0.1, 0.15) is 5.82 Å². The Morgan fingerprint density at radius 1 is 1.20 bits per heavy atom. The molecule has 5 nitrogen and oxygen atoms in total. The van der Waals surface area contributed by atoms with Crippen LogP contribution in [0.25, 0.3) is 0 Å². The van der Waals surface area contributed by atoms with Gasteiger partial charge in [-0.25, -0.2) is 9.37 Å². The molecule has 7 heteroatoms. The van der Waals surface area contributed by atoms with Crippen molar-refractivity contribution in [2.45, 2.75) is 37.6 Å². The highest BCUT2D eigenvalue weighted by Gasteiger charge is 2.18. The van der Waals surface area contributed by atoms with Crippen LogP contribution in [0.3, 0.4) is 0 Å². The Labute approximate surface area is 150 Å². The van der Waals surface area contributed by atoms with E-state index in [4.69, 9.17) is 0 Å². The van der Waals surface area contributed by atoms with Crippen LogP contribution in [-0.2, 0) is 17.9 Å².